The van der Waals surface area contributed by atoms with E-state index in [1.54, 1.807) is 24.3 Å². The molecular formula is C13H16ClNO4. The molecule has 5 nitrogen and oxygen atoms in total. The molecule has 0 fully saturated rings. The summed E-state index contributed by atoms with van der Waals surface area (Å²) in [4.78, 5) is 22.2. The van der Waals surface area contributed by atoms with Gasteiger partial charge < -0.3 is 15.2 Å². The molecule has 0 aliphatic heterocycles. The number of amides is 1. The highest BCUT2D eigenvalue weighted by molar-refractivity contribution is 6.30. The van der Waals surface area contributed by atoms with Crippen LogP contribution in [0.3, 0.4) is 0 Å². The summed E-state index contributed by atoms with van der Waals surface area (Å²) in [5.74, 6) is -1.14. The van der Waals surface area contributed by atoms with Crippen molar-refractivity contribution in [3.05, 3.63) is 34.9 Å². The van der Waals surface area contributed by atoms with E-state index in [-0.39, 0.29) is 25.3 Å². The molecule has 1 aromatic carbocycles. The number of carboxylic acids is 1. The number of halogens is 1. The Bertz CT molecular complexity index is 433. The van der Waals surface area contributed by atoms with Gasteiger partial charge in [-0.2, -0.15) is 0 Å². The SMILES string of the molecule is COC(CNC(=O)Cc1ccc(Cl)cc1)CC(=O)O. The van der Waals surface area contributed by atoms with Gasteiger partial charge in [-0.25, -0.2) is 0 Å². The Morgan fingerprint density at radius 1 is 1.37 bits per heavy atom. The highest BCUT2D eigenvalue weighted by Crippen LogP contribution is 2.09. The zero-order valence-corrected chi connectivity index (χ0v) is 11.3. The monoisotopic (exact) mass is 285 g/mol. The molecule has 1 atom stereocenters. The van der Waals surface area contributed by atoms with E-state index < -0.39 is 12.1 Å². The van der Waals surface area contributed by atoms with Crippen LogP contribution in [0.15, 0.2) is 24.3 Å². The first-order chi connectivity index (χ1) is 9.01. The molecular weight excluding hydrogens is 270 g/mol. The lowest BCUT2D eigenvalue weighted by atomic mass is 10.1. The van der Waals surface area contributed by atoms with Crippen LogP contribution in [0.2, 0.25) is 5.02 Å². The van der Waals surface area contributed by atoms with Gasteiger partial charge >= 0.3 is 5.97 Å². The van der Waals surface area contributed by atoms with Gasteiger partial charge in [0.2, 0.25) is 5.91 Å². The van der Waals surface area contributed by atoms with E-state index in [0.29, 0.717) is 5.02 Å². The number of carboxylic acid groups (broad SMARTS) is 1. The lowest BCUT2D eigenvalue weighted by Crippen LogP contribution is -2.35. The van der Waals surface area contributed by atoms with Crippen molar-refractivity contribution in [2.24, 2.45) is 0 Å². The van der Waals surface area contributed by atoms with E-state index in [4.69, 9.17) is 21.4 Å². The first kappa shape index (κ1) is 15.5. The Balaban J connectivity index is 2.38. The molecule has 2 N–H and O–H groups in total. The van der Waals surface area contributed by atoms with Crippen LogP contribution in [0.4, 0.5) is 0 Å². The number of nitrogens with one attached hydrogen (secondary N) is 1. The third-order valence-corrected chi connectivity index (χ3v) is 2.79. The van der Waals surface area contributed by atoms with Crippen molar-refractivity contribution < 1.29 is 19.4 Å². The maximum atomic E-state index is 11.7. The molecule has 0 spiro atoms. The van der Waals surface area contributed by atoms with Gasteiger partial charge in [0.15, 0.2) is 0 Å². The van der Waals surface area contributed by atoms with Crippen LogP contribution < -0.4 is 5.32 Å². The van der Waals surface area contributed by atoms with Gasteiger partial charge in [-0.1, -0.05) is 23.7 Å². The van der Waals surface area contributed by atoms with Crippen LogP contribution in [0, 0.1) is 0 Å². The molecule has 1 amide bonds. The first-order valence-corrected chi connectivity index (χ1v) is 6.14. The Labute approximate surface area is 116 Å². The number of rotatable bonds is 7. The largest absolute Gasteiger partial charge is 0.481 e. The summed E-state index contributed by atoms with van der Waals surface area (Å²) in [6.45, 7) is 0.176. The van der Waals surface area contributed by atoms with Crippen molar-refractivity contribution in [2.45, 2.75) is 18.9 Å². The van der Waals surface area contributed by atoms with Crippen molar-refractivity contribution in [1.82, 2.24) is 5.32 Å². The van der Waals surface area contributed by atoms with Gasteiger partial charge in [0.1, 0.15) is 0 Å². The summed E-state index contributed by atoms with van der Waals surface area (Å²) in [7, 11) is 1.42. The highest BCUT2D eigenvalue weighted by atomic mass is 35.5. The van der Waals surface area contributed by atoms with Gasteiger partial charge in [0, 0.05) is 18.7 Å². The number of hydrogen-bond acceptors (Lipinski definition) is 3. The standard InChI is InChI=1S/C13H16ClNO4/c1-19-11(7-13(17)18)8-15-12(16)6-9-2-4-10(14)5-3-9/h2-5,11H,6-8H2,1H3,(H,15,16)(H,17,18). The van der Waals surface area contributed by atoms with Crippen LogP contribution in [-0.4, -0.2) is 36.7 Å². The summed E-state index contributed by atoms with van der Waals surface area (Å²) >= 11 is 5.75. The molecule has 0 saturated heterocycles. The molecule has 0 aliphatic carbocycles. The Hall–Kier alpha value is -1.59. The Morgan fingerprint density at radius 2 is 2.00 bits per heavy atom. The third kappa shape index (κ3) is 6.22. The number of benzene rings is 1. The van der Waals surface area contributed by atoms with Crippen molar-refractivity contribution in [3.8, 4) is 0 Å². The van der Waals surface area contributed by atoms with Crippen LogP contribution >= 0.6 is 11.6 Å². The average molecular weight is 286 g/mol. The van der Waals surface area contributed by atoms with Gasteiger partial charge in [0.05, 0.1) is 18.9 Å². The van der Waals surface area contributed by atoms with Crippen molar-refractivity contribution in [3.63, 3.8) is 0 Å². The minimum atomic E-state index is -0.959. The molecule has 0 bridgehead atoms. The van der Waals surface area contributed by atoms with Gasteiger partial charge in [-0.05, 0) is 17.7 Å². The summed E-state index contributed by atoms with van der Waals surface area (Å²) < 4.78 is 4.96. The molecule has 19 heavy (non-hydrogen) atoms. The normalized spacial score (nSPS) is 11.9. The minimum absolute atomic E-state index is 0.141. The van der Waals surface area contributed by atoms with Crippen LogP contribution in [0.5, 0.6) is 0 Å². The number of carbonyl (C=O) groups is 2. The van der Waals surface area contributed by atoms with Gasteiger partial charge in [-0.3, -0.25) is 9.59 Å². The van der Waals surface area contributed by atoms with Crippen molar-refractivity contribution >= 4 is 23.5 Å². The van der Waals surface area contributed by atoms with E-state index >= 15 is 0 Å². The van der Waals surface area contributed by atoms with Crippen LogP contribution in [-0.2, 0) is 20.7 Å². The Morgan fingerprint density at radius 3 is 2.53 bits per heavy atom. The van der Waals surface area contributed by atoms with Gasteiger partial charge in [0.25, 0.3) is 0 Å². The molecule has 0 saturated carbocycles. The number of hydrogen-bond donors (Lipinski definition) is 2. The second-order valence-electron chi connectivity index (χ2n) is 4.06. The third-order valence-electron chi connectivity index (χ3n) is 2.54. The summed E-state index contributed by atoms with van der Waals surface area (Å²) in [6, 6.07) is 6.97. The van der Waals surface area contributed by atoms with Crippen molar-refractivity contribution in [1.29, 1.82) is 0 Å². The van der Waals surface area contributed by atoms with E-state index in [9.17, 15) is 9.59 Å². The molecule has 104 valence electrons. The lowest BCUT2D eigenvalue weighted by molar-refractivity contribution is -0.140. The zero-order chi connectivity index (χ0) is 14.3. The molecule has 1 unspecified atom stereocenters. The lowest BCUT2D eigenvalue weighted by Gasteiger charge is -2.13. The predicted octanol–water partition coefficient (Wildman–Crippen LogP) is 1.49. The fraction of sp³-hybridized carbons (Fsp3) is 0.385. The second-order valence-corrected chi connectivity index (χ2v) is 4.50. The van der Waals surface area contributed by atoms with Crippen LogP contribution in [0.25, 0.3) is 0 Å². The maximum absolute atomic E-state index is 11.7. The number of aliphatic carboxylic acids is 1. The maximum Gasteiger partial charge on any atom is 0.306 e. The molecule has 0 radical (unpaired) electrons. The highest BCUT2D eigenvalue weighted by Gasteiger charge is 2.13. The van der Waals surface area contributed by atoms with E-state index in [1.807, 2.05) is 0 Å². The Kier molecular flexibility index (Phi) is 6.32. The summed E-state index contributed by atoms with van der Waals surface area (Å²) in [5, 5.41) is 11.9. The van der Waals surface area contributed by atoms with Gasteiger partial charge in [-0.15, -0.1) is 0 Å². The predicted molar refractivity (Wildman–Crippen MR) is 71.2 cm³/mol. The van der Waals surface area contributed by atoms with E-state index in [1.165, 1.54) is 7.11 Å². The molecule has 1 aromatic rings. The fourth-order valence-electron chi connectivity index (χ4n) is 1.51. The van der Waals surface area contributed by atoms with Crippen molar-refractivity contribution in [2.75, 3.05) is 13.7 Å². The molecule has 1 rings (SSSR count). The zero-order valence-electron chi connectivity index (χ0n) is 10.6. The summed E-state index contributed by atoms with van der Waals surface area (Å²) in [6.07, 6.45) is -0.440. The minimum Gasteiger partial charge on any atom is -0.481 e. The second kappa shape index (κ2) is 7.76. The van der Waals surface area contributed by atoms with E-state index in [2.05, 4.69) is 5.32 Å². The number of methoxy groups -OCH3 is 1. The fourth-order valence-corrected chi connectivity index (χ4v) is 1.64. The average Bonchev–Trinajstić information content (AvgIpc) is 2.37. The molecule has 6 heteroatoms. The number of ether oxygens (including phenoxy) is 1. The molecule has 0 heterocycles. The van der Waals surface area contributed by atoms with Crippen LogP contribution in [0.1, 0.15) is 12.0 Å². The number of carbonyl (C=O) groups excluding carboxylic acids is 1. The quantitative estimate of drug-likeness (QED) is 0.796. The molecule has 0 aromatic heterocycles. The topological polar surface area (TPSA) is 75.6 Å². The summed E-state index contributed by atoms with van der Waals surface area (Å²) in [5.41, 5.74) is 0.842. The first-order valence-electron chi connectivity index (χ1n) is 5.77. The smallest absolute Gasteiger partial charge is 0.306 e. The molecule has 0 aliphatic rings. The van der Waals surface area contributed by atoms with E-state index in [0.717, 1.165) is 5.56 Å².